The van der Waals surface area contributed by atoms with Crippen molar-refractivity contribution in [3.05, 3.63) is 35.4 Å². The standard InChI is InChI=1S/C15H23NO/c1-12(9-10-17-2)16-11-14-5-3-4-6-15(14)13-7-8-13/h3-6,12-13,16H,7-11H2,1-2H3. The van der Waals surface area contributed by atoms with Gasteiger partial charge in [0, 0.05) is 26.3 Å². The molecule has 0 heterocycles. The Morgan fingerprint density at radius 2 is 2.12 bits per heavy atom. The lowest BCUT2D eigenvalue weighted by Gasteiger charge is -2.15. The normalized spacial score (nSPS) is 17.1. The van der Waals surface area contributed by atoms with E-state index in [9.17, 15) is 0 Å². The van der Waals surface area contributed by atoms with Crippen LogP contribution in [0.5, 0.6) is 0 Å². The fourth-order valence-electron chi connectivity index (χ4n) is 2.17. The van der Waals surface area contributed by atoms with Crippen LogP contribution in [0.15, 0.2) is 24.3 Å². The highest BCUT2D eigenvalue weighted by Crippen LogP contribution is 2.41. The van der Waals surface area contributed by atoms with Gasteiger partial charge >= 0.3 is 0 Å². The lowest BCUT2D eigenvalue weighted by atomic mass is 10.0. The van der Waals surface area contributed by atoms with Crippen molar-refractivity contribution in [3.8, 4) is 0 Å². The molecule has 1 saturated carbocycles. The molecule has 17 heavy (non-hydrogen) atoms. The van der Waals surface area contributed by atoms with Gasteiger partial charge in [0.25, 0.3) is 0 Å². The number of ether oxygens (including phenoxy) is 1. The highest BCUT2D eigenvalue weighted by molar-refractivity contribution is 5.33. The molecule has 1 unspecified atom stereocenters. The summed E-state index contributed by atoms with van der Waals surface area (Å²) in [6.07, 6.45) is 3.81. The molecule has 1 atom stereocenters. The maximum Gasteiger partial charge on any atom is 0.0476 e. The molecule has 0 saturated heterocycles. The van der Waals surface area contributed by atoms with Gasteiger partial charge in [-0.25, -0.2) is 0 Å². The van der Waals surface area contributed by atoms with Gasteiger partial charge in [-0.05, 0) is 43.2 Å². The van der Waals surface area contributed by atoms with Gasteiger partial charge in [-0.2, -0.15) is 0 Å². The topological polar surface area (TPSA) is 21.3 Å². The van der Waals surface area contributed by atoms with Crippen LogP contribution in [0.4, 0.5) is 0 Å². The summed E-state index contributed by atoms with van der Waals surface area (Å²) in [5.41, 5.74) is 3.03. The molecule has 1 aromatic rings. The SMILES string of the molecule is COCCC(C)NCc1ccccc1C1CC1. The van der Waals surface area contributed by atoms with E-state index in [0.717, 1.165) is 25.5 Å². The van der Waals surface area contributed by atoms with Crippen molar-refractivity contribution in [2.45, 2.75) is 44.7 Å². The monoisotopic (exact) mass is 233 g/mol. The molecule has 0 spiro atoms. The van der Waals surface area contributed by atoms with E-state index in [1.54, 1.807) is 12.7 Å². The van der Waals surface area contributed by atoms with Crippen LogP contribution in [0.25, 0.3) is 0 Å². The summed E-state index contributed by atoms with van der Waals surface area (Å²) >= 11 is 0. The zero-order valence-electron chi connectivity index (χ0n) is 10.9. The first-order valence-corrected chi connectivity index (χ1v) is 6.61. The first-order valence-electron chi connectivity index (χ1n) is 6.61. The molecule has 1 fully saturated rings. The molecule has 0 radical (unpaired) electrons. The Kier molecular flexibility index (Phi) is 4.57. The average molecular weight is 233 g/mol. The van der Waals surface area contributed by atoms with Crippen molar-refractivity contribution in [1.29, 1.82) is 0 Å². The number of methoxy groups -OCH3 is 1. The minimum Gasteiger partial charge on any atom is -0.385 e. The minimum atomic E-state index is 0.516. The van der Waals surface area contributed by atoms with Crippen molar-refractivity contribution in [2.24, 2.45) is 0 Å². The Morgan fingerprint density at radius 1 is 1.35 bits per heavy atom. The third-order valence-electron chi connectivity index (χ3n) is 3.47. The van der Waals surface area contributed by atoms with E-state index in [1.165, 1.54) is 18.4 Å². The average Bonchev–Trinajstić information content (AvgIpc) is 3.18. The fraction of sp³-hybridized carbons (Fsp3) is 0.600. The molecule has 1 aromatic carbocycles. The number of hydrogen-bond donors (Lipinski definition) is 1. The summed E-state index contributed by atoms with van der Waals surface area (Å²) < 4.78 is 5.10. The molecule has 1 aliphatic rings. The molecular formula is C15H23NO. The predicted molar refractivity (Wildman–Crippen MR) is 71.2 cm³/mol. The lowest BCUT2D eigenvalue weighted by molar-refractivity contribution is 0.184. The van der Waals surface area contributed by atoms with E-state index >= 15 is 0 Å². The van der Waals surface area contributed by atoms with Gasteiger partial charge in [0.15, 0.2) is 0 Å². The van der Waals surface area contributed by atoms with Crippen LogP contribution in [0, 0.1) is 0 Å². The van der Waals surface area contributed by atoms with Gasteiger partial charge in [0.2, 0.25) is 0 Å². The van der Waals surface area contributed by atoms with Gasteiger partial charge in [0.05, 0.1) is 0 Å². The van der Waals surface area contributed by atoms with Crippen LogP contribution < -0.4 is 5.32 Å². The molecule has 94 valence electrons. The Hall–Kier alpha value is -0.860. The van der Waals surface area contributed by atoms with Crippen LogP contribution in [0.2, 0.25) is 0 Å². The Balaban J connectivity index is 1.85. The second-order valence-electron chi connectivity index (χ2n) is 5.04. The highest BCUT2D eigenvalue weighted by atomic mass is 16.5. The first-order chi connectivity index (χ1) is 8.31. The molecule has 1 N–H and O–H groups in total. The molecule has 2 nitrogen and oxygen atoms in total. The van der Waals surface area contributed by atoms with E-state index in [1.807, 2.05) is 0 Å². The second-order valence-corrected chi connectivity index (χ2v) is 5.04. The van der Waals surface area contributed by atoms with E-state index in [2.05, 4.69) is 36.5 Å². The minimum absolute atomic E-state index is 0.516. The Morgan fingerprint density at radius 3 is 2.82 bits per heavy atom. The molecule has 0 aromatic heterocycles. The smallest absolute Gasteiger partial charge is 0.0476 e. The van der Waals surface area contributed by atoms with Crippen LogP contribution in [-0.2, 0) is 11.3 Å². The van der Waals surface area contributed by atoms with E-state index < -0.39 is 0 Å². The maximum absolute atomic E-state index is 5.10. The molecule has 0 bridgehead atoms. The van der Waals surface area contributed by atoms with Gasteiger partial charge in [-0.1, -0.05) is 24.3 Å². The van der Waals surface area contributed by atoms with Crippen LogP contribution in [0.1, 0.15) is 43.2 Å². The number of rotatable bonds is 7. The van der Waals surface area contributed by atoms with E-state index in [4.69, 9.17) is 4.74 Å². The van der Waals surface area contributed by atoms with Crippen LogP contribution in [-0.4, -0.2) is 19.8 Å². The third-order valence-corrected chi connectivity index (χ3v) is 3.47. The zero-order chi connectivity index (χ0) is 12.1. The summed E-state index contributed by atoms with van der Waals surface area (Å²) in [4.78, 5) is 0. The molecule has 2 rings (SSSR count). The van der Waals surface area contributed by atoms with Crippen molar-refractivity contribution < 1.29 is 4.74 Å². The van der Waals surface area contributed by atoms with Crippen molar-refractivity contribution in [1.82, 2.24) is 5.32 Å². The summed E-state index contributed by atoms with van der Waals surface area (Å²) in [6, 6.07) is 9.36. The maximum atomic E-state index is 5.10. The van der Waals surface area contributed by atoms with E-state index in [0.29, 0.717) is 6.04 Å². The third kappa shape index (κ3) is 3.83. The fourth-order valence-corrected chi connectivity index (χ4v) is 2.17. The molecule has 2 heteroatoms. The summed E-state index contributed by atoms with van der Waals surface area (Å²) in [7, 11) is 1.76. The van der Waals surface area contributed by atoms with Gasteiger partial charge in [-0.15, -0.1) is 0 Å². The number of nitrogens with one attached hydrogen (secondary N) is 1. The van der Waals surface area contributed by atoms with E-state index in [-0.39, 0.29) is 0 Å². The van der Waals surface area contributed by atoms with Crippen LogP contribution >= 0.6 is 0 Å². The molecule has 0 aliphatic heterocycles. The first kappa shape index (κ1) is 12.6. The zero-order valence-corrected chi connectivity index (χ0v) is 10.9. The van der Waals surface area contributed by atoms with Gasteiger partial charge in [0.1, 0.15) is 0 Å². The predicted octanol–water partition coefficient (Wildman–Crippen LogP) is 3.08. The number of benzene rings is 1. The van der Waals surface area contributed by atoms with Gasteiger partial charge in [-0.3, -0.25) is 0 Å². The summed E-state index contributed by atoms with van der Waals surface area (Å²) in [5.74, 6) is 0.835. The highest BCUT2D eigenvalue weighted by Gasteiger charge is 2.25. The van der Waals surface area contributed by atoms with Gasteiger partial charge < -0.3 is 10.1 Å². The Bertz CT molecular complexity index is 347. The van der Waals surface area contributed by atoms with Crippen molar-refractivity contribution in [2.75, 3.05) is 13.7 Å². The van der Waals surface area contributed by atoms with Crippen molar-refractivity contribution >= 4 is 0 Å². The number of hydrogen-bond acceptors (Lipinski definition) is 2. The molecule has 0 amide bonds. The Labute approximate surface area is 104 Å². The van der Waals surface area contributed by atoms with Crippen molar-refractivity contribution in [3.63, 3.8) is 0 Å². The molecular weight excluding hydrogens is 210 g/mol. The largest absolute Gasteiger partial charge is 0.385 e. The second kappa shape index (κ2) is 6.18. The summed E-state index contributed by atoms with van der Waals surface area (Å²) in [5, 5.41) is 3.58. The molecule has 1 aliphatic carbocycles. The summed E-state index contributed by atoms with van der Waals surface area (Å²) in [6.45, 7) is 4.04. The van der Waals surface area contributed by atoms with Crippen LogP contribution in [0.3, 0.4) is 0 Å². The quantitative estimate of drug-likeness (QED) is 0.781. The lowest BCUT2D eigenvalue weighted by Crippen LogP contribution is -2.27.